The lowest BCUT2D eigenvalue weighted by Crippen LogP contribution is -2.41. The molecule has 6 nitrogen and oxygen atoms in total. The summed E-state index contributed by atoms with van der Waals surface area (Å²) in [6.07, 6.45) is -0.0744. The van der Waals surface area contributed by atoms with Crippen LogP contribution in [0.5, 0.6) is 5.75 Å². The number of carbonyl (C=O) groups excluding carboxylic acids is 1. The van der Waals surface area contributed by atoms with Crippen LogP contribution in [0.25, 0.3) is 10.7 Å². The highest BCUT2D eigenvalue weighted by atomic mass is 35.5. The molecule has 0 aliphatic heterocycles. The highest BCUT2D eigenvalue weighted by molar-refractivity contribution is 7.13. The third-order valence-corrected chi connectivity index (χ3v) is 5.05. The van der Waals surface area contributed by atoms with Gasteiger partial charge in [0.15, 0.2) is 6.10 Å². The fourth-order valence-corrected chi connectivity index (χ4v) is 3.38. The average molecular weight is 406 g/mol. The van der Waals surface area contributed by atoms with Gasteiger partial charge in [-0.2, -0.15) is 4.98 Å². The zero-order chi connectivity index (χ0) is 19.2. The first kappa shape index (κ1) is 19.4. The first-order valence-corrected chi connectivity index (χ1v) is 9.94. The minimum atomic E-state index is -0.608. The Morgan fingerprint density at radius 3 is 2.85 bits per heavy atom. The van der Waals surface area contributed by atoms with Gasteiger partial charge in [0.25, 0.3) is 5.91 Å². The second-order valence-electron chi connectivity index (χ2n) is 5.81. The van der Waals surface area contributed by atoms with Crippen molar-refractivity contribution in [2.24, 2.45) is 0 Å². The Bertz CT molecular complexity index is 882. The number of thiophene rings is 1. The molecule has 3 aromatic rings. The Morgan fingerprint density at radius 2 is 2.19 bits per heavy atom. The summed E-state index contributed by atoms with van der Waals surface area (Å²) in [4.78, 5) is 19.9. The number of carbonyl (C=O) groups is 1. The smallest absolute Gasteiger partial charge is 0.264 e. The van der Waals surface area contributed by atoms with E-state index in [1.165, 1.54) is 11.3 Å². The van der Waals surface area contributed by atoms with Crippen LogP contribution in [0.2, 0.25) is 5.02 Å². The molecule has 0 fully saturated rings. The van der Waals surface area contributed by atoms with Gasteiger partial charge in [0.2, 0.25) is 11.7 Å². The summed E-state index contributed by atoms with van der Waals surface area (Å²) in [7, 11) is 0. The van der Waals surface area contributed by atoms with E-state index < -0.39 is 6.10 Å². The normalized spacial score (nSPS) is 12.0. The molecule has 0 radical (unpaired) electrons. The molecule has 2 aromatic heterocycles. The van der Waals surface area contributed by atoms with Gasteiger partial charge >= 0.3 is 0 Å². The Kier molecular flexibility index (Phi) is 6.47. The van der Waals surface area contributed by atoms with Crippen molar-refractivity contribution in [3.63, 3.8) is 0 Å². The fraction of sp³-hybridized carbons (Fsp3) is 0.316. The van der Waals surface area contributed by atoms with Gasteiger partial charge in [0.1, 0.15) is 12.3 Å². The highest BCUT2D eigenvalue weighted by Gasteiger charge is 2.25. The van der Waals surface area contributed by atoms with Crippen molar-refractivity contribution in [3.8, 4) is 16.5 Å². The average Bonchev–Trinajstić information content (AvgIpc) is 3.35. The Hall–Kier alpha value is -2.38. The predicted octanol–water partition coefficient (Wildman–Crippen LogP) is 4.66. The standard InChI is InChI=1S/C19H20ClN3O3S/c1-3-15(25-14-8-5-7-13(20)11-14)19(24)23(4-2)12-17-21-18(22-26-17)16-9-6-10-27-16/h5-11,15H,3-4,12H2,1-2H3. The van der Waals surface area contributed by atoms with E-state index in [4.69, 9.17) is 20.9 Å². The van der Waals surface area contributed by atoms with E-state index >= 15 is 0 Å². The molecule has 1 atom stereocenters. The van der Waals surface area contributed by atoms with Crippen molar-refractivity contribution < 1.29 is 14.1 Å². The maximum atomic E-state index is 12.9. The summed E-state index contributed by atoms with van der Waals surface area (Å²) in [5.74, 6) is 1.37. The Balaban J connectivity index is 1.69. The largest absolute Gasteiger partial charge is 0.481 e. The van der Waals surface area contributed by atoms with Crippen LogP contribution in [0.3, 0.4) is 0 Å². The number of ether oxygens (including phenoxy) is 1. The number of nitrogens with zero attached hydrogens (tertiary/aromatic N) is 3. The monoisotopic (exact) mass is 405 g/mol. The highest BCUT2D eigenvalue weighted by Crippen LogP contribution is 2.22. The molecule has 1 aromatic carbocycles. The number of halogens is 1. The summed E-state index contributed by atoms with van der Waals surface area (Å²) in [6, 6.07) is 10.9. The molecule has 142 valence electrons. The van der Waals surface area contributed by atoms with Gasteiger partial charge in [0, 0.05) is 11.6 Å². The van der Waals surface area contributed by atoms with E-state index in [2.05, 4.69) is 10.1 Å². The van der Waals surface area contributed by atoms with E-state index in [0.717, 1.165) is 4.88 Å². The van der Waals surface area contributed by atoms with E-state index in [-0.39, 0.29) is 12.5 Å². The molecule has 0 spiro atoms. The lowest BCUT2D eigenvalue weighted by Gasteiger charge is -2.25. The maximum absolute atomic E-state index is 12.9. The van der Waals surface area contributed by atoms with Gasteiger partial charge in [-0.3, -0.25) is 4.79 Å². The van der Waals surface area contributed by atoms with Gasteiger partial charge in [0.05, 0.1) is 4.88 Å². The van der Waals surface area contributed by atoms with Crippen LogP contribution >= 0.6 is 22.9 Å². The summed E-state index contributed by atoms with van der Waals surface area (Å²) in [5, 5.41) is 6.50. The van der Waals surface area contributed by atoms with E-state index in [1.54, 1.807) is 29.2 Å². The van der Waals surface area contributed by atoms with Crippen molar-refractivity contribution in [3.05, 3.63) is 52.7 Å². The van der Waals surface area contributed by atoms with Gasteiger partial charge in [-0.25, -0.2) is 0 Å². The van der Waals surface area contributed by atoms with Crippen molar-refractivity contribution in [2.45, 2.75) is 32.9 Å². The van der Waals surface area contributed by atoms with E-state index in [9.17, 15) is 4.79 Å². The van der Waals surface area contributed by atoms with Gasteiger partial charge in [-0.05, 0) is 43.0 Å². The van der Waals surface area contributed by atoms with Crippen LogP contribution in [-0.4, -0.2) is 33.6 Å². The lowest BCUT2D eigenvalue weighted by atomic mass is 10.2. The predicted molar refractivity (Wildman–Crippen MR) is 105 cm³/mol. The quantitative estimate of drug-likeness (QED) is 0.545. The molecule has 0 saturated heterocycles. The number of hydrogen-bond donors (Lipinski definition) is 0. The zero-order valence-electron chi connectivity index (χ0n) is 15.1. The number of rotatable bonds is 8. The van der Waals surface area contributed by atoms with Crippen LogP contribution in [-0.2, 0) is 11.3 Å². The molecular formula is C19H20ClN3O3S. The van der Waals surface area contributed by atoms with Crippen LogP contribution in [0.1, 0.15) is 26.2 Å². The van der Waals surface area contributed by atoms with Gasteiger partial charge < -0.3 is 14.2 Å². The fourth-order valence-electron chi connectivity index (χ4n) is 2.55. The molecule has 27 heavy (non-hydrogen) atoms. The minimum absolute atomic E-state index is 0.129. The molecule has 0 aliphatic rings. The Morgan fingerprint density at radius 1 is 1.33 bits per heavy atom. The lowest BCUT2D eigenvalue weighted by molar-refractivity contribution is -0.139. The van der Waals surface area contributed by atoms with E-state index in [0.29, 0.717) is 35.5 Å². The van der Waals surface area contributed by atoms with Crippen molar-refractivity contribution in [2.75, 3.05) is 6.54 Å². The summed E-state index contributed by atoms with van der Waals surface area (Å²) >= 11 is 7.53. The van der Waals surface area contributed by atoms with E-state index in [1.807, 2.05) is 31.4 Å². The molecule has 0 aliphatic carbocycles. The molecule has 0 bridgehead atoms. The molecule has 8 heteroatoms. The van der Waals surface area contributed by atoms with Crippen LogP contribution in [0.15, 0.2) is 46.3 Å². The van der Waals surface area contributed by atoms with Crippen LogP contribution < -0.4 is 4.74 Å². The summed E-state index contributed by atoms with van der Waals surface area (Å²) < 4.78 is 11.2. The van der Waals surface area contributed by atoms with Crippen molar-refractivity contribution >= 4 is 28.8 Å². The SMILES string of the molecule is CCC(Oc1cccc(Cl)c1)C(=O)N(CC)Cc1nc(-c2cccs2)no1. The zero-order valence-corrected chi connectivity index (χ0v) is 16.7. The van der Waals surface area contributed by atoms with Crippen molar-refractivity contribution in [1.82, 2.24) is 15.0 Å². The number of hydrogen-bond acceptors (Lipinski definition) is 6. The second-order valence-corrected chi connectivity index (χ2v) is 7.20. The topological polar surface area (TPSA) is 68.5 Å². The molecule has 0 N–H and O–H groups in total. The third kappa shape index (κ3) is 4.87. The third-order valence-electron chi connectivity index (χ3n) is 3.95. The number of benzene rings is 1. The molecule has 0 saturated carbocycles. The van der Waals surface area contributed by atoms with Crippen molar-refractivity contribution in [1.29, 1.82) is 0 Å². The molecule has 1 unspecified atom stereocenters. The first-order valence-electron chi connectivity index (χ1n) is 8.68. The minimum Gasteiger partial charge on any atom is -0.481 e. The molecular weight excluding hydrogens is 386 g/mol. The molecule has 3 rings (SSSR count). The Labute approximate surface area is 166 Å². The summed E-state index contributed by atoms with van der Waals surface area (Å²) in [6.45, 7) is 4.55. The van der Waals surface area contributed by atoms with Gasteiger partial charge in [-0.15, -0.1) is 11.3 Å². The molecule has 2 heterocycles. The van der Waals surface area contributed by atoms with Crippen LogP contribution in [0, 0.1) is 0 Å². The van der Waals surface area contributed by atoms with Gasteiger partial charge in [-0.1, -0.05) is 35.8 Å². The second kappa shape index (κ2) is 9.01. The summed E-state index contributed by atoms with van der Waals surface area (Å²) in [5.41, 5.74) is 0. The number of amides is 1. The first-order chi connectivity index (χ1) is 13.1. The number of aromatic nitrogens is 2. The van der Waals surface area contributed by atoms with Crippen LogP contribution in [0.4, 0.5) is 0 Å². The number of likely N-dealkylation sites (N-methyl/N-ethyl adjacent to an activating group) is 1. The molecule has 1 amide bonds. The maximum Gasteiger partial charge on any atom is 0.264 e.